The monoisotopic (exact) mass is 510 g/mol. The SMILES string of the molecule is Cc1cc(C2CC2)cc(-c2c(-c3ccc4c(=O)[nH]nc(CNC(=O)OC(C)(C)C)c4c3)cnn2C)c1C#N. The first-order valence-corrected chi connectivity index (χ1v) is 12.6. The molecule has 2 N–H and O–H groups in total. The van der Waals surface area contributed by atoms with E-state index < -0.39 is 11.7 Å². The first kappa shape index (κ1) is 25.2. The van der Waals surface area contributed by atoms with E-state index in [0.29, 0.717) is 27.9 Å². The number of ether oxygens (including phenoxy) is 1. The third-order valence-electron chi connectivity index (χ3n) is 6.69. The number of aromatic amines is 1. The maximum absolute atomic E-state index is 12.5. The molecule has 5 rings (SSSR count). The first-order valence-electron chi connectivity index (χ1n) is 12.6. The predicted octanol–water partition coefficient (Wildman–Crippen LogP) is 5.07. The summed E-state index contributed by atoms with van der Waals surface area (Å²) in [5.74, 6) is 0.537. The first-order chi connectivity index (χ1) is 18.1. The summed E-state index contributed by atoms with van der Waals surface area (Å²) in [6.07, 6.45) is 3.53. The van der Waals surface area contributed by atoms with Gasteiger partial charge < -0.3 is 10.1 Å². The van der Waals surface area contributed by atoms with Gasteiger partial charge >= 0.3 is 6.09 Å². The van der Waals surface area contributed by atoms with Crippen molar-refractivity contribution in [2.24, 2.45) is 7.05 Å². The molecule has 2 aromatic heterocycles. The van der Waals surface area contributed by atoms with E-state index in [4.69, 9.17) is 4.74 Å². The quantitative estimate of drug-likeness (QED) is 0.386. The largest absolute Gasteiger partial charge is 0.444 e. The van der Waals surface area contributed by atoms with Crippen LogP contribution in [0.25, 0.3) is 33.2 Å². The second kappa shape index (κ2) is 9.45. The highest BCUT2D eigenvalue weighted by molar-refractivity contribution is 5.92. The number of aryl methyl sites for hydroxylation is 2. The molecule has 1 aliphatic carbocycles. The summed E-state index contributed by atoms with van der Waals surface area (Å²) in [7, 11) is 1.86. The molecular weight excluding hydrogens is 480 g/mol. The Bertz CT molecular complexity index is 1660. The van der Waals surface area contributed by atoms with Crippen LogP contribution in [0.5, 0.6) is 0 Å². The number of aromatic nitrogens is 4. The van der Waals surface area contributed by atoms with Gasteiger partial charge in [-0.15, -0.1) is 0 Å². The number of carbonyl (C=O) groups is 1. The van der Waals surface area contributed by atoms with Gasteiger partial charge in [0.2, 0.25) is 0 Å². The van der Waals surface area contributed by atoms with E-state index in [1.54, 1.807) is 37.7 Å². The molecule has 4 aromatic rings. The molecule has 1 aliphatic rings. The molecule has 9 heteroatoms. The minimum Gasteiger partial charge on any atom is -0.444 e. The third kappa shape index (κ3) is 4.90. The second-order valence-corrected chi connectivity index (χ2v) is 10.8. The number of nitrogens with one attached hydrogen (secondary N) is 2. The third-order valence-corrected chi connectivity index (χ3v) is 6.69. The molecule has 0 aliphatic heterocycles. The lowest BCUT2D eigenvalue weighted by Gasteiger charge is -2.19. The Balaban J connectivity index is 1.60. The van der Waals surface area contributed by atoms with Crippen LogP contribution in [0.4, 0.5) is 4.79 Å². The molecule has 0 saturated heterocycles. The second-order valence-electron chi connectivity index (χ2n) is 10.8. The molecule has 1 saturated carbocycles. The minimum atomic E-state index is -0.633. The number of alkyl carbamates (subject to hydrolysis) is 1. The van der Waals surface area contributed by atoms with Crippen molar-refractivity contribution in [3.63, 3.8) is 0 Å². The fourth-order valence-corrected chi connectivity index (χ4v) is 4.76. The molecule has 1 amide bonds. The number of benzene rings is 2. The van der Waals surface area contributed by atoms with Crippen molar-refractivity contribution in [3.05, 3.63) is 69.3 Å². The Labute approximate surface area is 220 Å². The Morgan fingerprint density at radius 3 is 2.66 bits per heavy atom. The van der Waals surface area contributed by atoms with Crippen molar-refractivity contribution in [1.82, 2.24) is 25.3 Å². The number of hydrogen-bond acceptors (Lipinski definition) is 6. The van der Waals surface area contributed by atoms with E-state index >= 15 is 0 Å². The van der Waals surface area contributed by atoms with Crippen LogP contribution in [-0.4, -0.2) is 31.7 Å². The van der Waals surface area contributed by atoms with Gasteiger partial charge in [0.05, 0.1) is 35.1 Å². The minimum absolute atomic E-state index is 0.0761. The fourth-order valence-electron chi connectivity index (χ4n) is 4.76. The van der Waals surface area contributed by atoms with E-state index in [0.717, 1.165) is 40.8 Å². The zero-order valence-electron chi connectivity index (χ0n) is 22.2. The van der Waals surface area contributed by atoms with Crippen LogP contribution in [-0.2, 0) is 18.3 Å². The van der Waals surface area contributed by atoms with E-state index in [9.17, 15) is 14.9 Å². The van der Waals surface area contributed by atoms with Crippen LogP contribution in [0.15, 0.2) is 41.3 Å². The van der Waals surface area contributed by atoms with Crippen molar-refractivity contribution in [2.75, 3.05) is 0 Å². The number of nitrogens with zero attached hydrogens (tertiary/aromatic N) is 4. The summed E-state index contributed by atoms with van der Waals surface area (Å²) >= 11 is 0. The number of hydrogen-bond donors (Lipinski definition) is 2. The highest BCUT2D eigenvalue weighted by atomic mass is 16.6. The molecule has 38 heavy (non-hydrogen) atoms. The predicted molar refractivity (Wildman–Crippen MR) is 145 cm³/mol. The van der Waals surface area contributed by atoms with Crippen LogP contribution in [0.2, 0.25) is 0 Å². The number of rotatable bonds is 5. The van der Waals surface area contributed by atoms with Gasteiger partial charge in [-0.2, -0.15) is 15.5 Å². The van der Waals surface area contributed by atoms with Crippen molar-refractivity contribution in [2.45, 2.75) is 58.6 Å². The number of nitriles is 1. The Morgan fingerprint density at radius 1 is 1.21 bits per heavy atom. The molecule has 0 bridgehead atoms. The van der Waals surface area contributed by atoms with Crippen LogP contribution >= 0.6 is 0 Å². The van der Waals surface area contributed by atoms with Crippen LogP contribution in [0, 0.1) is 18.3 Å². The molecule has 2 heterocycles. The topological polar surface area (TPSA) is 126 Å². The van der Waals surface area contributed by atoms with Gasteiger partial charge in [0, 0.05) is 23.6 Å². The lowest BCUT2D eigenvalue weighted by atomic mass is 9.92. The Morgan fingerprint density at radius 2 is 1.97 bits per heavy atom. The average molecular weight is 511 g/mol. The van der Waals surface area contributed by atoms with Crippen molar-refractivity contribution >= 4 is 16.9 Å². The molecule has 0 radical (unpaired) electrons. The number of fused-ring (bicyclic) bond motifs is 1. The van der Waals surface area contributed by atoms with Gasteiger partial charge in [0.15, 0.2) is 0 Å². The Hall–Kier alpha value is -4.45. The molecule has 2 aromatic carbocycles. The van der Waals surface area contributed by atoms with Crippen LogP contribution in [0.1, 0.15) is 61.9 Å². The van der Waals surface area contributed by atoms with Gasteiger partial charge in [0.1, 0.15) is 11.7 Å². The number of amides is 1. The van der Waals surface area contributed by atoms with Gasteiger partial charge in [-0.05, 0) is 81.3 Å². The van der Waals surface area contributed by atoms with E-state index in [-0.39, 0.29) is 12.1 Å². The van der Waals surface area contributed by atoms with Crippen LogP contribution < -0.4 is 10.9 Å². The highest BCUT2D eigenvalue weighted by Crippen LogP contribution is 2.44. The van der Waals surface area contributed by atoms with Crippen molar-refractivity contribution in [1.29, 1.82) is 5.26 Å². The van der Waals surface area contributed by atoms with Gasteiger partial charge in [-0.3, -0.25) is 9.48 Å². The average Bonchev–Trinajstić information content (AvgIpc) is 3.63. The lowest BCUT2D eigenvalue weighted by molar-refractivity contribution is 0.0523. The zero-order chi connectivity index (χ0) is 27.2. The van der Waals surface area contributed by atoms with E-state index in [2.05, 4.69) is 38.8 Å². The zero-order valence-corrected chi connectivity index (χ0v) is 22.2. The van der Waals surface area contributed by atoms with Crippen molar-refractivity contribution < 1.29 is 9.53 Å². The van der Waals surface area contributed by atoms with Gasteiger partial charge in [-0.25, -0.2) is 9.89 Å². The number of carbonyl (C=O) groups excluding carboxylic acids is 1. The maximum atomic E-state index is 12.5. The smallest absolute Gasteiger partial charge is 0.407 e. The van der Waals surface area contributed by atoms with Gasteiger partial charge in [-0.1, -0.05) is 12.1 Å². The molecule has 0 atom stereocenters. The molecule has 194 valence electrons. The molecule has 0 unspecified atom stereocenters. The van der Waals surface area contributed by atoms with E-state index in [1.807, 2.05) is 26.1 Å². The molecule has 1 fully saturated rings. The van der Waals surface area contributed by atoms with E-state index in [1.165, 1.54) is 5.56 Å². The summed E-state index contributed by atoms with van der Waals surface area (Å²) < 4.78 is 7.12. The van der Waals surface area contributed by atoms with Crippen LogP contribution in [0.3, 0.4) is 0 Å². The van der Waals surface area contributed by atoms with Crippen molar-refractivity contribution in [3.8, 4) is 28.5 Å². The lowest BCUT2D eigenvalue weighted by Crippen LogP contribution is -2.32. The highest BCUT2D eigenvalue weighted by Gasteiger charge is 2.27. The standard InChI is InChI=1S/C29H30N6O3/c1-16-10-19(17-6-7-17)12-22(23(16)13-30)26-24(14-32-35(26)5)18-8-9-20-21(11-18)25(33-34-27(20)36)15-31-28(37)38-29(2,3)4/h8-12,14,17H,6-7,15H2,1-5H3,(H,31,37)(H,34,36). The number of H-pyrrole nitrogens is 1. The summed E-state index contributed by atoms with van der Waals surface area (Å²) in [4.78, 5) is 24.8. The van der Waals surface area contributed by atoms with Gasteiger partial charge in [0.25, 0.3) is 5.56 Å². The summed E-state index contributed by atoms with van der Waals surface area (Å²) in [5.41, 5.74) is 5.71. The Kier molecular flexibility index (Phi) is 6.27. The summed E-state index contributed by atoms with van der Waals surface area (Å²) in [6.45, 7) is 7.42. The fraction of sp³-hybridized carbons (Fsp3) is 0.345. The molecule has 9 nitrogen and oxygen atoms in total. The normalized spacial score (nSPS) is 13.4. The summed E-state index contributed by atoms with van der Waals surface area (Å²) in [6, 6.07) is 12.1. The maximum Gasteiger partial charge on any atom is 0.407 e. The molecular formula is C29H30N6O3. The summed E-state index contributed by atoms with van der Waals surface area (Å²) in [5, 5.41) is 25.0. The molecule has 0 spiro atoms.